The van der Waals surface area contributed by atoms with Crippen LogP contribution in [0.15, 0.2) is 12.7 Å². The lowest BCUT2D eigenvalue weighted by atomic mass is 9.90. The maximum Gasteiger partial charge on any atom is 0.226 e. The van der Waals surface area contributed by atoms with E-state index in [2.05, 4.69) is 6.58 Å². The minimum Gasteiger partial charge on any atom is -0.339 e. The standard InChI is InChI=1S/C10H15NO/c1-3-8-7(2)10(12)11-6-4-5-9(8)11/h3,7-9H,1,4-6H2,2H3/t7-,8+,9+/m1/s1. The van der Waals surface area contributed by atoms with Gasteiger partial charge in [-0.05, 0) is 12.8 Å². The lowest BCUT2D eigenvalue weighted by Crippen LogP contribution is -2.28. The van der Waals surface area contributed by atoms with Gasteiger partial charge in [-0.3, -0.25) is 4.79 Å². The molecule has 2 heteroatoms. The van der Waals surface area contributed by atoms with E-state index in [0.717, 1.165) is 6.54 Å². The van der Waals surface area contributed by atoms with Crippen LogP contribution in [0, 0.1) is 11.8 Å². The van der Waals surface area contributed by atoms with Crippen LogP contribution in [0.2, 0.25) is 0 Å². The van der Waals surface area contributed by atoms with Gasteiger partial charge in [-0.15, -0.1) is 6.58 Å². The second-order valence-corrected chi connectivity index (χ2v) is 3.84. The Hall–Kier alpha value is -0.790. The number of carbonyl (C=O) groups excluding carboxylic acids is 1. The highest BCUT2D eigenvalue weighted by molar-refractivity contribution is 5.82. The van der Waals surface area contributed by atoms with E-state index in [1.54, 1.807) is 0 Å². The zero-order valence-corrected chi connectivity index (χ0v) is 7.49. The molecule has 0 aromatic carbocycles. The molecule has 1 amide bonds. The van der Waals surface area contributed by atoms with Crippen LogP contribution in [0.1, 0.15) is 19.8 Å². The fraction of sp³-hybridized carbons (Fsp3) is 0.700. The molecule has 0 unspecified atom stereocenters. The van der Waals surface area contributed by atoms with Gasteiger partial charge in [0.2, 0.25) is 5.91 Å². The Morgan fingerprint density at radius 3 is 3.08 bits per heavy atom. The molecular formula is C10H15NO. The second kappa shape index (κ2) is 2.61. The fourth-order valence-corrected chi connectivity index (χ4v) is 2.59. The van der Waals surface area contributed by atoms with Gasteiger partial charge in [0.1, 0.15) is 0 Å². The molecule has 12 heavy (non-hydrogen) atoms. The summed E-state index contributed by atoms with van der Waals surface area (Å²) in [6.07, 6.45) is 4.30. The van der Waals surface area contributed by atoms with Crippen molar-refractivity contribution in [3.63, 3.8) is 0 Å². The van der Waals surface area contributed by atoms with Gasteiger partial charge in [-0.1, -0.05) is 13.0 Å². The molecule has 0 aliphatic carbocycles. The third-order valence-corrected chi connectivity index (χ3v) is 3.27. The van der Waals surface area contributed by atoms with E-state index in [1.165, 1.54) is 12.8 Å². The Bertz CT molecular complexity index is 224. The number of nitrogens with zero attached hydrogens (tertiary/aromatic N) is 1. The maximum absolute atomic E-state index is 11.6. The Balaban J connectivity index is 2.26. The second-order valence-electron chi connectivity index (χ2n) is 3.84. The first-order chi connectivity index (χ1) is 5.75. The number of rotatable bonds is 1. The highest BCUT2D eigenvalue weighted by atomic mass is 16.2. The van der Waals surface area contributed by atoms with E-state index in [4.69, 9.17) is 0 Å². The molecule has 0 aromatic rings. The predicted molar refractivity (Wildman–Crippen MR) is 47.6 cm³/mol. The van der Waals surface area contributed by atoms with Crippen molar-refractivity contribution in [2.45, 2.75) is 25.8 Å². The van der Waals surface area contributed by atoms with Crippen molar-refractivity contribution in [1.29, 1.82) is 0 Å². The minimum absolute atomic E-state index is 0.174. The van der Waals surface area contributed by atoms with Gasteiger partial charge >= 0.3 is 0 Å². The summed E-state index contributed by atoms with van der Waals surface area (Å²) < 4.78 is 0. The van der Waals surface area contributed by atoms with E-state index in [-0.39, 0.29) is 5.92 Å². The van der Waals surface area contributed by atoms with Crippen molar-refractivity contribution in [3.8, 4) is 0 Å². The molecule has 2 saturated heterocycles. The normalized spacial score (nSPS) is 40.2. The Kier molecular flexibility index (Phi) is 1.71. The van der Waals surface area contributed by atoms with Gasteiger partial charge in [0, 0.05) is 24.4 Å². The van der Waals surface area contributed by atoms with Crippen LogP contribution in [0.4, 0.5) is 0 Å². The lowest BCUT2D eigenvalue weighted by molar-refractivity contribution is -0.130. The zero-order chi connectivity index (χ0) is 8.72. The summed E-state index contributed by atoms with van der Waals surface area (Å²) in [4.78, 5) is 13.7. The molecule has 2 nitrogen and oxygen atoms in total. The van der Waals surface area contributed by atoms with Crippen molar-refractivity contribution < 1.29 is 4.79 Å². The molecule has 2 aliphatic heterocycles. The monoisotopic (exact) mass is 165 g/mol. The summed E-state index contributed by atoms with van der Waals surface area (Å²) in [6.45, 7) is 6.80. The summed E-state index contributed by atoms with van der Waals surface area (Å²) in [6, 6.07) is 0.477. The molecule has 2 fully saturated rings. The van der Waals surface area contributed by atoms with Gasteiger partial charge < -0.3 is 4.90 Å². The average molecular weight is 165 g/mol. The van der Waals surface area contributed by atoms with Crippen molar-refractivity contribution in [2.24, 2.45) is 11.8 Å². The van der Waals surface area contributed by atoms with Crippen LogP contribution in [0.5, 0.6) is 0 Å². The Morgan fingerprint density at radius 1 is 1.67 bits per heavy atom. The van der Waals surface area contributed by atoms with Crippen LogP contribution < -0.4 is 0 Å². The van der Waals surface area contributed by atoms with Gasteiger partial charge in [0.25, 0.3) is 0 Å². The molecule has 0 saturated carbocycles. The van der Waals surface area contributed by atoms with Crippen molar-refractivity contribution in [1.82, 2.24) is 4.90 Å². The molecule has 0 radical (unpaired) electrons. The maximum atomic E-state index is 11.6. The number of hydrogen-bond acceptors (Lipinski definition) is 1. The number of amides is 1. The summed E-state index contributed by atoms with van der Waals surface area (Å²) in [5.74, 6) is 0.912. The average Bonchev–Trinajstić information content (AvgIpc) is 2.59. The highest BCUT2D eigenvalue weighted by Crippen LogP contribution is 2.37. The van der Waals surface area contributed by atoms with E-state index in [9.17, 15) is 4.79 Å². The first-order valence-electron chi connectivity index (χ1n) is 4.68. The highest BCUT2D eigenvalue weighted by Gasteiger charge is 2.45. The largest absolute Gasteiger partial charge is 0.339 e. The summed E-state index contributed by atoms with van der Waals surface area (Å²) in [7, 11) is 0. The molecule has 2 aliphatic rings. The van der Waals surface area contributed by atoms with Crippen molar-refractivity contribution >= 4 is 5.91 Å². The van der Waals surface area contributed by atoms with E-state index >= 15 is 0 Å². The van der Waals surface area contributed by atoms with Gasteiger partial charge in [-0.25, -0.2) is 0 Å². The SMILES string of the molecule is C=C[C@H]1[C@@H](C)C(=O)N2CCC[C@@H]12. The molecule has 0 N–H and O–H groups in total. The quantitative estimate of drug-likeness (QED) is 0.538. The van der Waals surface area contributed by atoms with Gasteiger partial charge in [0.05, 0.1) is 0 Å². The molecule has 0 aromatic heterocycles. The molecule has 0 bridgehead atoms. The third-order valence-electron chi connectivity index (χ3n) is 3.27. The molecule has 66 valence electrons. The smallest absolute Gasteiger partial charge is 0.226 e. The summed E-state index contributed by atoms with van der Waals surface area (Å²) in [5, 5.41) is 0. The summed E-state index contributed by atoms with van der Waals surface area (Å²) >= 11 is 0. The Morgan fingerprint density at radius 2 is 2.42 bits per heavy atom. The van der Waals surface area contributed by atoms with Crippen LogP contribution >= 0.6 is 0 Å². The lowest BCUT2D eigenvalue weighted by Gasteiger charge is -2.17. The molecule has 2 rings (SSSR count). The first-order valence-corrected chi connectivity index (χ1v) is 4.68. The fourth-order valence-electron chi connectivity index (χ4n) is 2.59. The van der Waals surface area contributed by atoms with Crippen LogP contribution in [0.25, 0.3) is 0 Å². The van der Waals surface area contributed by atoms with Gasteiger partial charge in [-0.2, -0.15) is 0 Å². The van der Waals surface area contributed by atoms with Gasteiger partial charge in [0.15, 0.2) is 0 Å². The molecular weight excluding hydrogens is 150 g/mol. The zero-order valence-electron chi connectivity index (χ0n) is 7.49. The van der Waals surface area contributed by atoms with E-state index in [1.807, 2.05) is 17.9 Å². The molecule has 0 spiro atoms. The third kappa shape index (κ3) is 0.838. The minimum atomic E-state index is 0.174. The van der Waals surface area contributed by atoms with Crippen molar-refractivity contribution in [3.05, 3.63) is 12.7 Å². The van der Waals surface area contributed by atoms with Crippen LogP contribution in [0.3, 0.4) is 0 Å². The number of fused-ring (bicyclic) bond motifs is 1. The Labute approximate surface area is 73.2 Å². The predicted octanol–water partition coefficient (Wildman–Crippen LogP) is 1.43. The van der Waals surface area contributed by atoms with Crippen LogP contribution in [-0.4, -0.2) is 23.4 Å². The summed E-state index contributed by atoms with van der Waals surface area (Å²) in [5.41, 5.74) is 0. The van der Waals surface area contributed by atoms with Crippen molar-refractivity contribution in [2.75, 3.05) is 6.54 Å². The van der Waals surface area contributed by atoms with E-state index in [0.29, 0.717) is 17.9 Å². The number of carbonyl (C=O) groups is 1. The first kappa shape index (κ1) is 7.84. The van der Waals surface area contributed by atoms with E-state index < -0.39 is 0 Å². The molecule has 2 heterocycles. The topological polar surface area (TPSA) is 20.3 Å². The van der Waals surface area contributed by atoms with Crippen LogP contribution in [-0.2, 0) is 4.79 Å². The molecule has 3 atom stereocenters. The number of hydrogen-bond donors (Lipinski definition) is 0.